The minimum absolute atomic E-state index is 0.118. The molecule has 0 saturated carbocycles. The van der Waals surface area contributed by atoms with E-state index in [0.717, 1.165) is 30.3 Å². The summed E-state index contributed by atoms with van der Waals surface area (Å²) in [6, 6.07) is 3.77. The van der Waals surface area contributed by atoms with Crippen LogP contribution in [0.2, 0.25) is 0 Å². The lowest BCUT2D eigenvalue weighted by molar-refractivity contribution is -0.124. The maximum absolute atomic E-state index is 11.0. The standard InChI is InChI=1S/C18H26N4O2/c1-4-6-9-16(5-2)20-17-12-11-15(13-22(17)14-19-3)8-7-10-18(23)21-24/h2,7,10-13,16,19,24H,4,6,8-9,14H2,1,3H3,(H,21,23)/b10-7+,20-17?. The number of carbonyl (C=O) groups is 1. The first-order valence-electron chi connectivity index (χ1n) is 8.09. The van der Waals surface area contributed by atoms with Crippen LogP contribution in [-0.4, -0.2) is 28.8 Å². The van der Waals surface area contributed by atoms with E-state index in [1.807, 2.05) is 29.9 Å². The predicted molar refractivity (Wildman–Crippen MR) is 94.0 cm³/mol. The number of rotatable bonds is 9. The van der Waals surface area contributed by atoms with Crippen LogP contribution in [0, 0.1) is 12.3 Å². The van der Waals surface area contributed by atoms with Crippen molar-refractivity contribution in [2.24, 2.45) is 4.99 Å². The molecular formula is C18H26N4O2. The fourth-order valence-corrected chi connectivity index (χ4v) is 2.20. The highest BCUT2D eigenvalue weighted by Gasteiger charge is 2.03. The monoisotopic (exact) mass is 330 g/mol. The zero-order valence-electron chi connectivity index (χ0n) is 14.3. The molecule has 1 rings (SSSR count). The van der Waals surface area contributed by atoms with Gasteiger partial charge in [-0.25, -0.2) is 5.48 Å². The first-order chi connectivity index (χ1) is 11.6. The molecule has 24 heavy (non-hydrogen) atoms. The van der Waals surface area contributed by atoms with Gasteiger partial charge in [0.15, 0.2) is 0 Å². The number of amides is 1. The van der Waals surface area contributed by atoms with Crippen molar-refractivity contribution < 1.29 is 10.0 Å². The van der Waals surface area contributed by atoms with Gasteiger partial charge < -0.3 is 9.88 Å². The SMILES string of the molecule is C#CC(CCCC)N=c1ccc(C/C=C/C(=O)NO)cn1CNC. The number of nitrogens with one attached hydrogen (secondary N) is 2. The summed E-state index contributed by atoms with van der Waals surface area (Å²) in [5.74, 6) is 2.20. The highest BCUT2D eigenvalue weighted by molar-refractivity contribution is 5.86. The molecule has 3 N–H and O–H groups in total. The highest BCUT2D eigenvalue weighted by atomic mass is 16.5. The fourth-order valence-electron chi connectivity index (χ4n) is 2.20. The molecule has 0 fully saturated rings. The first-order valence-corrected chi connectivity index (χ1v) is 8.09. The van der Waals surface area contributed by atoms with E-state index < -0.39 is 5.91 Å². The smallest absolute Gasteiger partial charge is 0.267 e. The Labute approximate surface area is 143 Å². The number of aromatic nitrogens is 1. The molecule has 130 valence electrons. The van der Waals surface area contributed by atoms with E-state index in [-0.39, 0.29) is 6.04 Å². The summed E-state index contributed by atoms with van der Waals surface area (Å²) >= 11 is 0. The Hall–Kier alpha value is -2.36. The maximum Gasteiger partial charge on any atom is 0.267 e. The van der Waals surface area contributed by atoms with Crippen LogP contribution in [0.5, 0.6) is 0 Å². The number of hydrogen-bond donors (Lipinski definition) is 3. The third-order valence-electron chi connectivity index (χ3n) is 3.44. The van der Waals surface area contributed by atoms with Gasteiger partial charge in [-0.3, -0.25) is 15.0 Å². The molecule has 1 atom stereocenters. The Balaban J connectivity index is 2.99. The van der Waals surface area contributed by atoms with Crippen molar-refractivity contribution in [3.63, 3.8) is 0 Å². The molecule has 0 bridgehead atoms. The molecule has 0 saturated heterocycles. The van der Waals surface area contributed by atoms with Crippen LogP contribution in [0.15, 0.2) is 35.5 Å². The summed E-state index contributed by atoms with van der Waals surface area (Å²) < 4.78 is 1.99. The summed E-state index contributed by atoms with van der Waals surface area (Å²) in [5, 5.41) is 11.6. The average Bonchev–Trinajstić information content (AvgIpc) is 2.60. The molecule has 1 unspecified atom stereocenters. The minimum Gasteiger partial charge on any atom is -0.320 e. The van der Waals surface area contributed by atoms with Crippen molar-refractivity contribution in [3.8, 4) is 12.3 Å². The minimum atomic E-state index is -0.544. The second-order valence-electron chi connectivity index (χ2n) is 5.41. The summed E-state index contributed by atoms with van der Waals surface area (Å²) in [6.45, 7) is 2.74. The van der Waals surface area contributed by atoms with E-state index in [0.29, 0.717) is 13.1 Å². The van der Waals surface area contributed by atoms with E-state index in [2.05, 4.69) is 23.2 Å². The lowest BCUT2D eigenvalue weighted by Gasteiger charge is -2.11. The third-order valence-corrected chi connectivity index (χ3v) is 3.44. The van der Waals surface area contributed by atoms with Crippen LogP contribution in [-0.2, 0) is 17.9 Å². The van der Waals surface area contributed by atoms with Gasteiger partial charge in [-0.15, -0.1) is 6.42 Å². The van der Waals surface area contributed by atoms with Crippen LogP contribution in [0.3, 0.4) is 0 Å². The first kappa shape index (κ1) is 19.7. The van der Waals surface area contributed by atoms with Crippen LogP contribution < -0.4 is 16.3 Å². The quantitative estimate of drug-likeness (QED) is 0.277. The normalized spacial score (nSPS) is 13.0. The highest BCUT2D eigenvalue weighted by Crippen LogP contribution is 2.03. The summed E-state index contributed by atoms with van der Waals surface area (Å²) in [6.07, 6.45) is 14.1. The van der Waals surface area contributed by atoms with Crippen LogP contribution in [0.25, 0.3) is 0 Å². The summed E-state index contributed by atoms with van der Waals surface area (Å²) in [5.41, 5.74) is 3.41. The molecule has 0 aliphatic heterocycles. The van der Waals surface area contributed by atoms with Gasteiger partial charge in [0.1, 0.15) is 11.5 Å². The fraction of sp³-hybridized carbons (Fsp3) is 0.444. The van der Waals surface area contributed by atoms with Crippen molar-refractivity contribution in [2.45, 2.75) is 45.3 Å². The summed E-state index contributed by atoms with van der Waals surface area (Å²) in [4.78, 5) is 15.6. The van der Waals surface area contributed by atoms with Gasteiger partial charge in [-0.1, -0.05) is 37.8 Å². The van der Waals surface area contributed by atoms with Crippen molar-refractivity contribution in [1.82, 2.24) is 15.4 Å². The zero-order valence-corrected chi connectivity index (χ0v) is 14.3. The Bertz CT molecular complexity index is 656. The van der Waals surface area contributed by atoms with E-state index in [9.17, 15) is 4.79 Å². The molecule has 1 heterocycles. The van der Waals surface area contributed by atoms with E-state index in [4.69, 9.17) is 11.6 Å². The number of hydroxylamine groups is 1. The predicted octanol–water partition coefficient (Wildman–Crippen LogP) is 1.36. The van der Waals surface area contributed by atoms with E-state index >= 15 is 0 Å². The van der Waals surface area contributed by atoms with Crippen molar-refractivity contribution in [1.29, 1.82) is 0 Å². The topological polar surface area (TPSA) is 78.7 Å². The maximum atomic E-state index is 11.0. The molecule has 1 aromatic rings. The molecule has 1 aromatic heterocycles. The number of carbonyl (C=O) groups excluding carboxylic acids is 1. The zero-order chi connectivity index (χ0) is 17.8. The largest absolute Gasteiger partial charge is 0.320 e. The molecular weight excluding hydrogens is 304 g/mol. The number of nitrogens with zero attached hydrogens (tertiary/aromatic N) is 2. The summed E-state index contributed by atoms with van der Waals surface area (Å²) in [7, 11) is 1.87. The average molecular weight is 330 g/mol. The van der Waals surface area contributed by atoms with Gasteiger partial charge in [0, 0.05) is 12.3 Å². The van der Waals surface area contributed by atoms with Crippen LogP contribution in [0.1, 0.15) is 31.7 Å². The van der Waals surface area contributed by atoms with E-state index in [1.165, 1.54) is 6.08 Å². The lowest BCUT2D eigenvalue weighted by Crippen LogP contribution is -2.28. The number of unbranched alkanes of at least 4 members (excludes halogenated alkanes) is 1. The molecule has 0 radical (unpaired) electrons. The second-order valence-corrected chi connectivity index (χ2v) is 5.41. The molecule has 1 amide bonds. The molecule has 0 spiro atoms. The third kappa shape index (κ3) is 6.82. The second kappa shape index (κ2) is 11.2. The van der Waals surface area contributed by atoms with E-state index in [1.54, 1.807) is 11.6 Å². The van der Waals surface area contributed by atoms with Crippen LogP contribution in [0.4, 0.5) is 0 Å². The Morgan fingerprint density at radius 3 is 2.96 bits per heavy atom. The van der Waals surface area contributed by atoms with Gasteiger partial charge >= 0.3 is 0 Å². The Morgan fingerprint density at radius 2 is 2.33 bits per heavy atom. The van der Waals surface area contributed by atoms with Gasteiger partial charge in [-0.2, -0.15) is 0 Å². The van der Waals surface area contributed by atoms with Crippen molar-refractivity contribution in [2.75, 3.05) is 7.05 Å². The lowest BCUT2D eigenvalue weighted by atomic mass is 10.1. The van der Waals surface area contributed by atoms with Gasteiger partial charge in [0.25, 0.3) is 5.91 Å². The van der Waals surface area contributed by atoms with Crippen molar-refractivity contribution in [3.05, 3.63) is 41.5 Å². The molecule has 0 aliphatic carbocycles. The molecule has 6 nitrogen and oxygen atoms in total. The number of pyridine rings is 1. The van der Waals surface area contributed by atoms with Crippen LogP contribution >= 0.6 is 0 Å². The number of hydrogen-bond acceptors (Lipinski definition) is 4. The number of allylic oxidation sites excluding steroid dienone is 1. The van der Waals surface area contributed by atoms with Gasteiger partial charge in [0.05, 0.1) is 6.67 Å². The Morgan fingerprint density at radius 1 is 1.54 bits per heavy atom. The Kier molecular flexibility index (Phi) is 9.20. The molecule has 0 aliphatic rings. The molecule has 0 aromatic carbocycles. The van der Waals surface area contributed by atoms with Gasteiger partial charge in [0.2, 0.25) is 0 Å². The number of terminal acetylenes is 1. The molecule has 6 heteroatoms. The van der Waals surface area contributed by atoms with Gasteiger partial charge in [-0.05, 0) is 31.5 Å². The van der Waals surface area contributed by atoms with Crippen molar-refractivity contribution >= 4 is 5.91 Å².